The van der Waals surface area contributed by atoms with Crippen molar-refractivity contribution in [3.8, 4) is 0 Å². The van der Waals surface area contributed by atoms with Crippen LogP contribution in [0.2, 0.25) is 0 Å². The van der Waals surface area contributed by atoms with E-state index in [1.54, 1.807) is 21.7 Å². The molecular formula is C23H25FN4O3. The van der Waals surface area contributed by atoms with Crippen LogP contribution in [0.5, 0.6) is 0 Å². The number of piperidine rings is 1. The third-order valence-electron chi connectivity index (χ3n) is 5.81. The summed E-state index contributed by atoms with van der Waals surface area (Å²) in [6, 6.07) is 7.40. The van der Waals surface area contributed by atoms with E-state index >= 15 is 0 Å². The van der Waals surface area contributed by atoms with Gasteiger partial charge in [0.1, 0.15) is 17.2 Å². The zero-order valence-electron chi connectivity index (χ0n) is 17.4. The molecule has 1 N–H and O–H groups in total. The highest BCUT2D eigenvalue weighted by Gasteiger charge is 2.27. The standard InChI is InChI=1S/C23H25FN4O3/c1-15-13-19-23(31)25-20(26-28(19)14-15)3-2-4-21(29)27-11-9-17(10-12-27)22(30)16-5-7-18(24)8-6-16/h5-8,13-14,17H,2-4,9-12H2,1H3,(H,25,26,31). The van der Waals surface area contributed by atoms with Gasteiger partial charge in [0.25, 0.3) is 5.56 Å². The van der Waals surface area contributed by atoms with Crippen molar-refractivity contribution >= 4 is 17.2 Å². The number of amides is 1. The monoisotopic (exact) mass is 424 g/mol. The van der Waals surface area contributed by atoms with E-state index in [2.05, 4.69) is 10.1 Å². The Balaban J connectivity index is 1.26. The quantitative estimate of drug-likeness (QED) is 0.617. The van der Waals surface area contributed by atoms with Gasteiger partial charge in [0.05, 0.1) is 0 Å². The predicted octanol–water partition coefficient (Wildman–Crippen LogP) is 2.91. The number of Topliss-reactive ketones (excluding diaryl/α,β-unsaturated/α-hetero) is 1. The fourth-order valence-corrected chi connectivity index (χ4v) is 4.10. The Morgan fingerprint density at radius 2 is 1.90 bits per heavy atom. The van der Waals surface area contributed by atoms with Gasteiger partial charge in [-0.1, -0.05) is 0 Å². The van der Waals surface area contributed by atoms with Crippen molar-refractivity contribution in [1.29, 1.82) is 0 Å². The zero-order valence-corrected chi connectivity index (χ0v) is 17.4. The van der Waals surface area contributed by atoms with E-state index in [1.165, 1.54) is 24.3 Å². The topological polar surface area (TPSA) is 87.5 Å². The lowest BCUT2D eigenvalue weighted by Gasteiger charge is -2.31. The maximum Gasteiger partial charge on any atom is 0.275 e. The van der Waals surface area contributed by atoms with Gasteiger partial charge in [0.2, 0.25) is 5.91 Å². The van der Waals surface area contributed by atoms with Gasteiger partial charge >= 0.3 is 0 Å². The van der Waals surface area contributed by atoms with Crippen LogP contribution in [0.15, 0.2) is 41.3 Å². The Kier molecular flexibility index (Phi) is 5.97. The van der Waals surface area contributed by atoms with Crippen molar-refractivity contribution in [2.75, 3.05) is 13.1 Å². The number of aromatic nitrogens is 3. The number of fused-ring (bicyclic) bond motifs is 1. The first-order valence-corrected chi connectivity index (χ1v) is 10.6. The number of hydrogen-bond acceptors (Lipinski definition) is 4. The van der Waals surface area contributed by atoms with Crippen LogP contribution in [-0.2, 0) is 11.2 Å². The van der Waals surface area contributed by atoms with Crippen molar-refractivity contribution in [2.45, 2.75) is 39.0 Å². The summed E-state index contributed by atoms with van der Waals surface area (Å²) in [5.74, 6) is 0.121. The van der Waals surface area contributed by atoms with Gasteiger partial charge in [-0.2, -0.15) is 5.10 Å². The first kappa shape index (κ1) is 21.0. The molecule has 3 heterocycles. The zero-order chi connectivity index (χ0) is 22.0. The summed E-state index contributed by atoms with van der Waals surface area (Å²) in [5, 5.41) is 4.41. The Bertz CT molecular complexity index is 1160. The Labute approximate surface area is 178 Å². The maximum absolute atomic E-state index is 13.1. The molecule has 0 radical (unpaired) electrons. The SMILES string of the molecule is Cc1cc2c(=O)[nH]c(CCCC(=O)N3CCC(C(=O)c4ccc(F)cc4)CC3)nn2c1. The molecule has 0 unspecified atom stereocenters. The fourth-order valence-electron chi connectivity index (χ4n) is 4.10. The van der Waals surface area contributed by atoms with Crippen molar-refractivity contribution in [3.05, 3.63) is 69.7 Å². The molecule has 1 saturated heterocycles. The predicted molar refractivity (Wildman–Crippen MR) is 114 cm³/mol. The molecule has 4 rings (SSSR count). The van der Waals surface area contributed by atoms with Crippen LogP contribution in [0.25, 0.3) is 5.52 Å². The number of carbonyl (C=O) groups is 2. The highest BCUT2D eigenvalue weighted by atomic mass is 19.1. The first-order chi connectivity index (χ1) is 14.9. The summed E-state index contributed by atoms with van der Waals surface area (Å²) in [6.45, 7) is 2.99. The lowest BCUT2D eigenvalue weighted by atomic mass is 9.88. The van der Waals surface area contributed by atoms with Gasteiger partial charge < -0.3 is 9.88 Å². The van der Waals surface area contributed by atoms with Gasteiger partial charge in [-0.3, -0.25) is 14.4 Å². The molecule has 7 nitrogen and oxygen atoms in total. The van der Waals surface area contributed by atoms with E-state index in [4.69, 9.17) is 0 Å². The average molecular weight is 424 g/mol. The number of carbonyl (C=O) groups excluding carboxylic acids is 2. The molecule has 1 aromatic carbocycles. The summed E-state index contributed by atoms with van der Waals surface area (Å²) < 4.78 is 14.6. The lowest BCUT2D eigenvalue weighted by Crippen LogP contribution is -2.40. The number of aromatic amines is 1. The lowest BCUT2D eigenvalue weighted by molar-refractivity contribution is -0.132. The second-order valence-electron chi connectivity index (χ2n) is 8.13. The maximum atomic E-state index is 13.1. The highest BCUT2D eigenvalue weighted by molar-refractivity contribution is 5.98. The number of likely N-dealkylation sites (tertiary alicyclic amines) is 1. The summed E-state index contributed by atoms with van der Waals surface area (Å²) in [4.78, 5) is 41.8. The third-order valence-corrected chi connectivity index (χ3v) is 5.81. The van der Waals surface area contributed by atoms with Crippen LogP contribution >= 0.6 is 0 Å². The molecule has 1 fully saturated rings. The molecule has 2 aromatic heterocycles. The number of benzene rings is 1. The van der Waals surface area contributed by atoms with Crippen molar-refractivity contribution < 1.29 is 14.0 Å². The molecular weight excluding hydrogens is 399 g/mol. The Morgan fingerprint density at radius 1 is 1.19 bits per heavy atom. The number of H-pyrrole nitrogens is 1. The summed E-state index contributed by atoms with van der Waals surface area (Å²) >= 11 is 0. The number of hydrogen-bond donors (Lipinski definition) is 1. The summed E-state index contributed by atoms with van der Waals surface area (Å²) in [5.41, 5.74) is 1.81. The van der Waals surface area contributed by atoms with Crippen LogP contribution in [0.3, 0.4) is 0 Å². The minimum absolute atomic E-state index is 0.0118. The molecule has 1 amide bonds. The molecule has 0 bridgehead atoms. The molecule has 0 saturated carbocycles. The first-order valence-electron chi connectivity index (χ1n) is 10.6. The molecule has 162 valence electrons. The van der Waals surface area contributed by atoms with E-state index in [1.807, 2.05) is 6.92 Å². The molecule has 1 aliphatic rings. The molecule has 1 aliphatic heterocycles. The second-order valence-corrected chi connectivity index (χ2v) is 8.13. The third kappa shape index (κ3) is 4.73. The number of nitrogens with one attached hydrogen (secondary N) is 1. The van der Waals surface area contributed by atoms with Crippen molar-refractivity contribution in [1.82, 2.24) is 19.5 Å². The number of ketones is 1. The molecule has 0 aliphatic carbocycles. The van der Waals surface area contributed by atoms with E-state index in [0.29, 0.717) is 62.1 Å². The molecule has 31 heavy (non-hydrogen) atoms. The largest absolute Gasteiger partial charge is 0.343 e. The molecule has 0 spiro atoms. The van der Waals surface area contributed by atoms with Gasteiger partial charge in [0, 0.05) is 43.6 Å². The Morgan fingerprint density at radius 3 is 2.61 bits per heavy atom. The fraction of sp³-hybridized carbons (Fsp3) is 0.391. The summed E-state index contributed by atoms with van der Waals surface area (Å²) in [6.07, 6.45) is 4.48. The van der Waals surface area contributed by atoms with E-state index in [9.17, 15) is 18.8 Å². The summed E-state index contributed by atoms with van der Waals surface area (Å²) in [7, 11) is 0. The minimum Gasteiger partial charge on any atom is -0.343 e. The number of halogens is 1. The van der Waals surface area contributed by atoms with Crippen LogP contribution < -0.4 is 5.56 Å². The minimum atomic E-state index is -0.361. The second kappa shape index (κ2) is 8.83. The van der Waals surface area contributed by atoms with Crippen molar-refractivity contribution in [2.24, 2.45) is 5.92 Å². The number of aryl methyl sites for hydroxylation is 2. The molecule has 3 aromatic rings. The normalized spacial score (nSPS) is 14.8. The van der Waals surface area contributed by atoms with Crippen LogP contribution in [0, 0.1) is 18.7 Å². The smallest absolute Gasteiger partial charge is 0.275 e. The molecule has 8 heteroatoms. The van der Waals surface area contributed by atoms with Crippen LogP contribution in [0.1, 0.15) is 47.4 Å². The number of rotatable bonds is 6. The van der Waals surface area contributed by atoms with Crippen molar-refractivity contribution in [3.63, 3.8) is 0 Å². The highest BCUT2D eigenvalue weighted by Crippen LogP contribution is 2.22. The number of nitrogens with zero attached hydrogens (tertiary/aromatic N) is 3. The van der Waals surface area contributed by atoms with Gasteiger partial charge in [0.15, 0.2) is 5.78 Å². The molecule has 0 atom stereocenters. The Hall–Kier alpha value is -3.29. The van der Waals surface area contributed by atoms with Gasteiger partial charge in [-0.05, 0) is 62.1 Å². The van der Waals surface area contributed by atoms with Crippen LogP contribution in [0.4, 0.5) is 4.39 Å². The van der Waals surface area contributed by atoms with E-state index < -0.39 is 0 Å². The van der Waals surface area contributed by atoms with E-state index in [0.717, 1.165) is 5.56 Å². The van der Waals surface area contributed by atoms with Gasteiger partial charge in [-0.25, -0.2) is 8.91 Å². The average Bonchev–Trinajstić information content (AvgIpc) is 3.15. The van der Waals surface area contributed by atoms with Gasteiger partial charge in [-0.15, -0.1) is 0 Å². The van der Waals surface area contributed by atoms with E-state index in [-0.39, 0.29) is 29.0 Å². The van der Waals surface area contributed by atoms with Crippen LogP contribution in [-0.4, -0.2) is 44.3 Å².